The van der Waals surface area contributed by atoms with Gasteiger partial charge in [0, 0.05) is 11.1 Å². The van der Waals surface area contributed by atoms with Gasteiger partial charge in [-0.2, -0.15) is 0 Å². The van der Waals surface area contributed by atoms with Gasteiger partial charge >= 0.3 is 0 Å². The maximum atomic E-state index is 4.32. The Balaban J connectivity index is 2.14. The molecule has 1 aromatic heterocycles. The maximum Gasteiger partial charge on any atom is 0.183 e. The molecule has 1 atom stereocenters. The minimum absolute atomic E-state index is 0.298. The van der Waals surface area contributed by atoms with Crippen LogP contribution in [0.5, 0.6) is 0 Å². The number of aromatic nitrogens is 1. The molecule has 1 unspecified atom stereocenters. The lowest BCUT2D eigenvalue weighted by Gasteiger charge is -2.15. The summed E-state index contributed by atoms with van der Waals surface area (Å²) in [6, 6.07) is 8.74. The Labute approximate surface area is 100 Å². The first-order valence-corrected chi connectivity index (χ1v) is 6.23. The average Bonchev–Trinajstić information content (AvgIpc) is 2.64. The molecule has 0 aliphatic heterocycles. The SMILES string of the molecule is Cc1cnc(NC(C)c2ccccc2C)s1. The third-order valence-corrected chi connectivity index (χ3v) is 3.46. The molecule has 1 aromatic carbocycles. The standard InChI is InChI=1S/C13H16N2S/c1-9-6-4-5-7-12(9)11(3)15-13-14-8-10(2)16-13/h4-8,11H,1-3H3,(H,14,15). The van der Waals surface area contributed by atoms with Gasteiger partial charge in [-0.3, -0.25) is 0 Å². The van der Waals surface area contributed by atoms with Crippen LogP contribution in [0.3, 0.4) is 0 Å². The molecule has 0 saturated carbocycles. The van der Waals surface area contributed by atoms with Crippen LogP contribution in [0.1, 0.15) is 29.0 Å². The van der Waals surface area contributed by atoms with Gasteiger partial charge in [-0.05, 0) is 31.9 Å². The molecule has 0 amide bonds. The highest BCUT2D eigenvalue weighted by molar-refractivity contribution is 7.15. The van der Waals surface area contributed by atoms with Crippen molar-refractivity contribution in [3.8, 4) is 0 Å². The summed E-state index contributed by atoms with van der Waals surface area (Å²) < 4.78 is 0. The minimum Gasteiger partial charge on any atom is -0.355 e. The van der Waals surface area contributed by atoms with Crippen molar-refractivity contribution in [1.29, 1.82) is 0 Å². The Bertz CT molecular complexity index is 476. The maximum absolute atomic E-state index is 4.32. The number of anilines is 1. The van der Waals surface area contributed by atoms with E-state index in [1.54, 1.807) is 11.3 Å². The van der Waals surface area contributed by atoms with E-state index in [-0.39, 0.29) is 0 Å². The van der Waals surface area contributed by atoms with Crippen LogP contribution in [0.25, 0.3) is 0 Å². The van der Waals surface area contributed by atoms with Crippen molar-refractivity contribution >= 4 is 16.5 Å². The number of benzene rings is 1. The van der Waals surface area contributed by atoms with Crippen LogP contribution in [-0.4, -0.2) is 4.98 Å². The fourth-order valence-corrected chi connectivity index (χ4v) is 2.51. The second-order valence-electron chi connectivity index (χ2n) is 4.00. The first kappa shape index (κ1) is 11.1. The van der Waals surface area contributed by atoms with Gasteiger partial charge in [0.05, 0.1) is 6.04 Å². The van der Waals surface area contributed by atoms with Gasteiger partial charge < -0.3 is 5.32 Å². The van der Waals surface area contributed by atoms with Gasteiger partial charge in [-0.25, -0.2) is 4.98 Å². The van der Waals surface area contributed by atoms with E-state index in [1.165, 1.54) is 16.0 Å². The summed E-state index contributed by atoms with van der Waals surface area (Å²) in [5, 5.41) is 4.42. The highest BCUT2D eigenvalue weighted by Crippen LogP contribution is 2.24. The van der Waals surface area contributed by atoms with E-state index in [2.05, 4.69) is 55.3 Å². The first-order valence-electron chi connectivity index (χ1n) is 5.41. The predicted octanol–water partition coefficient (Wildman–Crippen LogP) is 3.93. The zero-order valence-corrected chi connectivity index (χ0v) is 10.6. The van der Waals surface area contributed by atoms with E-state index in [1.807, 2.05) is 6.20 Å². The summed E-state index contributed by atoms with van der Waals surface area (Å²) >= 11 is 1.69. The summed E-state index contributed by atoms with van der Waals surface area (Å²) in [7, 11) is 0. The molecule has 3 heteroatoms. The molecule has 16 heavy (non-hydrogen) atoms. The first-order chi connectivity index (χ1) is 7.66. The van der Waals surface area contributed by atoms with Gasteiger partial charge in [-0.15, -0.1) is 11.3 Å². The predicted molar refractivity (Wildman–Crippen MR) is 70.1 cm³/mol. The summed E-state index contributed by atoms with van der Waals surface area (Å²) in [6.45, 7) is 6.38. The average molecular weight is 232 g/mol. The fraction of sp³-hybridized carbons (Fsp3) is 0.308. The fourth-order valence-electron chi connectivity index (χ4n) is 1.76. The largest absolute Gasteiger partial charge is 0.355 e. The van der Waals surface area contributed by atoms with Crippen LogP contribution in [-0.2, 0) is 0 Å². The molecule has 0 radical (unpaired) electrons. The molecule has 2 rings (SSSR count). The van der Waals surface area contributed by atoms with E-state index in [0.29, 0.717) is 6.04 Å². The monoisotopic (exact) mass is 232 g/mol. The van der Waals surface area contributed by atoms with Crippen LogP contribution in [0.2, 0.25) is 0 Å². The van der Waals surface area contributed by atoms with Crippen LogP contribution in [0.4, 0.5) is 5.13 Å². The normalized spacial score (nSPS) is 12.4. The topological polar surface area (TPSA) is 24.9 Å². The van der Waals surface area contributed by atoms with Crippen LogP contribution in [0.15, 0.2) is 30.5 Å². The minimum atomic E-state index is 0.298. The molecule has 0 spiro atoms. The Morgan fingerprint density at radius 1 is 1.25 bits per heavy atom. The van der Waals surface area contributed by atoms with Gasteiger partial charge in [0.25, 0.3) is 0 Å². The zero-order valence-electron chi connectivity index (χ0n) is 9.82. The number of aryl methyl sites for hydroxylation is 2. The van der Waals surface area contributed by atoms with Crippen molar-refractivity contribution in [2.24, 2.45) is 0 Å². The second-order valence-corrected chi connectivity index (χ2v) is 5.23. The summed E-state index contributed by atoms with van der Waals surface area (Å²) in [6.07, 6.45) is 1.90. The summed E-state index contributed by atoms with van der Waals surface area (Å²) in [4.78, 5) is 5.55. The number of hydrogen-bond acceptors (Lipinski definition) is 3. The van der Waals surface area contributed by atoms with Crippen molar-refractivity contribution in [2.75, 3.05) is 5.32 Å². The third-order valence-electron chi connectivity index (χ3n) is 2.62. The molecule has 84 valence electrons. The number of hydrogen-bond donors (Lipinski definition) is 1. The van der Waals surface area contributed by atoms with Crippen LogP contribution >= 0.6 is 11.3 Å². The van der Waals surface area contributed by atoms with Crippen molar-refractivity contribution in [1.82, 2.24) is 4.98 Å². The highest BCUT2D eigenvalue weighted by Gasteiger charge is 2.08. The van der Waals surface area contributed by atoms with E-state index in [9.17, 15) is 0 Å². The molecule has 1 heterocycles. The number of nitrogens with one attached hydrogen (secondary N) is 1. The summed E-state index contributed by atoms with van der Waals surface area (Å²) in [5.74, 6) is 0. The second kappa shape index (κ2) is 4.66. The molecule has 2 nitrogen and oxygen atoms in total. The zero-order chi connectivity index (χ0) is 11.5. The lowest BCUT2D eigenvalue weighted by atomic mass is 10.0. The van der Waals surface area contributed by atoms with Crippen LogP contribution < -0.4 is 5.32 Å². The molecule has 1 N–H and O–H groups in total. The van der Waals surface area contributed by atoms with E-state index in [0.717, 1.165) is 5.13 Å². The molecule has 0 fully saturated rings. The quantitative estimate of drug-likeness (QED) is 0.867. The molecule has 0 saturated heterocycles. The lowest BCUT2D eigenvalue weighted by Crippen LogP contribution is -2.07. The van der Waals surface area contributed by atoms with E-state index < -0.39 is 0 Å². The molecule has 0 aliphatic rings. The number of rotatable bonds is 3. The van der Waals surface area contributed by atoms with Crippen molar-refractivity contribution in [3.05, 3.63) is 46.5 Å². The molecule has 0 bridgehead atoms. The Morgan fingerprint density at radius 3 is 2.62 bits per heavy atom. The smallest absolute Gasteiger partial charge is 0.183 e. The Morgan fingerprint density at radius 2 is 2.00 bits per heavy atom. The lowest BCUT2D eigenvalue weighted by molar-refractivity contribution is 0.871. The van der Waals surface area contributed by atoms with E-state index >= 15 is 0 Å². The molecule has 2 aromatic rings. The Kier molecular flexibility index (Phi) is 3.25. The van der Waals surface area contributed by atoms with Gasteiger partial charge in [0.15, 0.2) is 5.13 Å². The van der Waals surface area contributed by atoms with Crippen molar-refractivity contribution in [2.45, 2.75) is 26.8 Å². The van der Waals surface area contributed by atoms with Gasteiger partial charge in [0.1, 0.15) is 0 Å². The van der Waals surface area contributed by atoms with Crippen molar-refractivity contribution < 1.29 is 0 Å². The summed E-state index contributed by atoms with van der Waals surface area (Å²) in [5.41, 5.74) is 2.64. The Hall–Kier alpha value is -1.35. The number of thiazole rings is 1. The van der Waals surface area contributed by atoms with Crippen molar-refractivity contribution in [3.63, 3.8) is 0 Å². The van der Waals surface area contributed by atoms with Crippen LogP contribution in [0, 0.1) is 13.8 Å². The highest BCUT2D eigenvalue weighted by atomic mass is 32.1. The number of nitrogens with zero attached hydrogens (tertiary/aromatic N) is 1. The van der Waals surface area contributed by atoms with Gasteiger partial charge in [-0.1, -0.05) is 24.3 Å². The third kappa shape index (κ3) is 2.42. The molecular weight excluding hydrogens is 216 g/mol. The van der Waals surface area contributed by atoms with Gasteiger partial charge in [0.2, 0.25) is 0 Å². The van der Waals surface area contributed by atoms with E-state index in [4.69, 9.17) is 0 Å². The molecular formula is C13H16N2S. The molecule has 0 aliphatic carbocycles.